The Balaban J connectivity index is 1.80. The van der Waals surface area contributed by atoms with E-state index in [-0.39, 0.29) is 5.75 Å². The Hall–Kier alpha value is -2.00. The van der Waals surface area contributed by atoms with Gasteiger partial charge < -0.3 is 29.5 Å². The van der Waals surface area contributed by atoms with Crippen molar-refractivity contribution in [2.45, 2.75) is 23.7 Å². The maximum Gasteiger partial charge on any atom is 0.173 e. The van der Waals surface area contributed by atoms with E-state index in [2.05, 4.69) is 4.98 Å². The number of thioether (sulfide) groups is 1. The summed E-state index contributed by atoms with van der Waals surface area (Å²) in [6.45, 7) is 0. The van der Waals surface area contributed by atoms with E-state index in [0.29, 0.717) is 17.2 Å². The molecule has 4 atom stereocenters. The second kappa shape index (κ2) is 8.13. The van der Waals surface area contributed by atoms with E-state index in [0.717, 1.165) is 11.1 Å². The summed E-state index contributed by atoms with van der Waals surface area (Å²) in [5.41, 5.74) is 0.989. The molecule has 0 bridgehead atoms. The lowest BCUT2D eigenvalue weighted by atomic mass is 10.1. The van der Waals surface area contributed by atoms with E-state index in [4.69, 9.17) is 14.2 Å². The smallest absolute Gasteiger partial charge is 0.173 e. The molecule has 0 unspecified atom stereocenters. The van der Waals surface area contributed by atoms with Gasteiger partial charge in [-0.2, -0.15) is 0 Å². The molecule has 1 fully saturated rings. The predicted molar refractivity (Wildman–Crippen MR) is 97.7 cm³/mol. The lowest BCUT2D eigenvalue weighted by molar-refractivity contribution is -0.0786. The first-order valence-corrected chi connectivity index (χ1v) is 9.08. The maximum atomic E-state index is 10.1. The van der Waals surface area contributed by atoms with Crippen LogP contribution in [-0.2, 0) is 0 Å². The van der Waals surface area contributed by atoms with Crippen LogP contribution in [0.2, 0.25) is 0 Å². The number of aliphatic hydroxyl groups is 3. The summed E-state index contributed by atoms with van der Waals surface area (Å²) in [7, 11) is 3.15. The summed E-state index contributed by atoms with van der Waals surface area (Å²) in [5.74, 6) is 1.97. The Kier molecular flexibility index (Phi) is 5.87. The number of rotatable bonds is 5. The molecule has 1 aromatic carbocycles. The second-order valence-electron chi connectivity index (χ2n) is 5.85. The van der Waals surface area contributed by atoms with Gasteiger partial charge in [0.1, 0.15) is 18.0 Å². The van der Waals surface area contributed by atoms with Crippen LogP contribution in [0.4, 0.5) is 0 Å². The van der Waals surface area contributed by atoms with Crippen LogP contribution < -0.4 is 14.2 Å². The highest BCUT2D eigenvalue weighted by Gasteiger charge is 2.38. The quantitative estimate of drug-likeness (QED) is 0.715. The van der Waals surface area contributed by atoms with Crippen LogP contribution in [0.25, 0.3) is 11.1 Å². The van der Waals surface area contributed by atoms with E-state index in [1.165, 1.54) is 18.0 Å². The largest absolute Gasteiger partial charge is 0.493 e. The number of aliphatic hydroxyl groups excluding tert-OH is 3. The van der Waals surface area contributed by atoms with Crippen molar-refractivity contribution >= 4 is 11.8 Å². The lowest BCUT2D eigenvalue weighted by Crippen LogP contribution is -2.50. The summed E-state index contributed by atoms with van der Waals surface area (Å²) < 4.78 is 16.3. The molecule has 8 heteroatoms. The first kappa shape index (κ1) is 18.8. The second-order valence-corrected chi connectivity index (χ2v) is 6.98. The van der Waals surface area contributed by atoms with Gasteiger partial charge >= 0.3 is 0 Å². The third-order valence-corrected chi connectivity index (χ3v) is 5.37. The Morgan fingerprint density at radius 1 is 0.962 bits per heavy atom. The van der Waals surface area contributed by atoms with E-state index < -0.39 is 23.7 Å². The van der Waals surface area contributed by atoms with Gasteiger partial charge in [-0.25, -0.2) is 0 Å². The lowest BCUT2D eigenvalue weighted by Gasteiger charge is -2.34. The van der Waals surface area contributed by atoms with Gasteiger partial charge in [0, 0.05) is 17.5 Å². The van der Waals surface area contributed by atoms with Gasteiger partial charge in [0.05, 0.1) is 26.5 Å². The minimum atomic E-state index is -1.23. The molecule has 0 spiro atoms. The predicted octanol–water partition coefficient (Wildman–Crippen LogP) is 1.30. The highest BCUT2D eigenvalue weighted by atomic mass is 32.2. The first-order chi connectivity index (χ1) is 12.5. The van der Waals surface area contributed by atoms with Gasteiger partial charge in [0.15, 0.2) is 16.9 Å². The third-order valence-electron chi connectivity index (χ3n) is 4.14. The Morgan fingerprint density at radius 3 is 2.46 bits per heavy atom. The SMILES string of the molecule is COc1ccc(-c2cncc(O[C@H]3SC[C@@H](O)[C@H](O)[C@H]3O)c2)cc1OC. The number of benzene rings is 1. The van der Waals surface area contributed by atoms with Gasteiger partial charge in [0.25, 0.3) is 0 Å². The summed E-state index contributed by atoms with van der Waals surface area (Å²) in [6.07, 6.45) is -0.158. The number of methoxy groups -OCH3 is 2. The monoisotopic (exact) mass is 379 g/mol. The molecule has 26 heavy (non-hydrogen) atoms. The molecular formula is C18H21NO6S. The van der Waals surface area contributed by atoms with Crippen LogP contribution in [-0.4, -0.2) is 64.0 Å². The number of ether oxygens (including phenoxy) is 3. The fourth-order valence-electron chi connectivity index (χ4n) is 2.67. The molecule has 0 saturated carbocycles. The van der Waals surface area contributed by atoms with E-state index in [1.807, 2.05) is 12.1 Å². The highest BCUT2D eigenvalue weighted by Crippen LogP contribution is 2.34. The average Bonchev–Trinajstić information content (AvgIpc) is 2.68. The molecule has 3 N–H and O–H groups in total. The van der Waals surface area contributed by atoms with Crippen molar-refractivity contribution in [2.75, 3.05) is 20.0 Å². The van der Waals surface area contributed by atoms with Gasteiger partial charge in [-0.05, 0) is 23.8 Å². The van der Waals surface area contributed by atoms with Crippen molar-refractivity contribution in [1.82, 2.24) is 4.98 Å². The van der Waals surface area contributed by atoms with Crippen molar-refractivity contribution in [3.05, 3.63) is 36.7 Å². The summed E-state index contributed by atoms with van der Waals surface area (Å²) in [4.78, 5) is 4.18. The van der Waals surface area contributed by atoms with Crippen molar-refractivity contribution in [2.24, 2.45) is 0 Å². The molecule has 0 radical (unpaired) electrons. The normalized spacial score (nSPS) is 25.6. The number of pyridine rings is 1. The summed E-state index contributed by atoms with van der Waals surface area (Å²) in [5, 5.41) is 29.5. The van der Waals surface area contributed by atoms with Crippen LogP contribution in [0.15, 0.2) is 36.7 Å². The molecule has 1 aliphatic heterocycles. The van der Waals surface area contributed by atoms with Crippen LogP contribution >= 0.6 is 11.8 Å². The van der Waals surface area contributed by atoms with Crippen LogP contribution in [0, 0.1) is 0 Å². The van der Waals surface area contributed by atoms with E-state index >= 15 is 0 Å². The van der Waals surface area contributed by atoms with Gasteiger partial charge in [-0.15, -0.1) is 11.8 Å². The topological polar surface area (TPSA) is 101 Å². The van der Waals surface area contributed by atoms with Crippen molar-refractivity contribution in [1.29, 1.82) is 0 Å². The average molecular weight is 379 g/mol. The Morgan fingerprint density at radius 2 is 1.73 bits per heavy atom. The number of hydrogen-bond acceptors (Lipinski definition) is 8. The molecular weight excluding hydrogens is 358 g/mol. The number of hydrogen-bond donors (Lipinski definition) is 3. The molecule has 2 heterocycles. The molecule has 140 valence electrons. The fourth-order valence-corrected chi connectivity index (χ4v) is 3.80. The van der Waals surface area contributed by atoms with Gasteiger partial charge in [-0.3, -0.25) is 4.98 Å². The zero-order valence-corrected chi connectivity index (χ0v) is 15.2. The minimum Gasteiger partial charge on any atom is -0.493 e. The van der Waals surface area contributed by atoms with E-state index in [9.17, 15) is 15.3 Å². The van der Waals surface area contributed by atoms with Crippen molar-refractivity contribution in [3.63, 3.8) is 0 Å². The standard InChI is InChI=1S/C18H21NO6S/c1-23-14-4-3-10(6-15(14)24-2)11-5-12(8-19-7-11)25-18-17(22)16(21)13(20)9-26-18/h3-8,13,16-18,20-22H,9H2,1-2H3/t13-,16+,17-,18+/m1/s1. The number of aromatic nitrogens is 1. The van der Waals surface area contributed by atoms with Crippen LogP contribution in [0.1, 0.15) is 0 Å². The Labute approximate surface area is 155 Å². The maximum absolute atomic E-state index is 10.1. The van der Waals surface area contributed by atoms with Crippen LogP contribution in [0.3, 0.4) is 0 Å². The van der Waals surface area contributed by atoms with Crippen LogP contribution in [0.5, 0.6) is 17.2 Å². The molecule has 1 saturated heterocycles. The fraction of sp³-hybridized carbons (Fsp3) is 0.389. The summed E-state index contributed by atoms with van der Waals surface area (Å²) in [6, 6.07) is 7.32. The Bertz CT molecular complexity index is 758. The van der Waals surface area contributed by atoms with Gasteiger partial charge in [0.2, 0.25) is 0 Å². The highest BCUT2D eigenvalue weighted by molar-refractivity contribution is 7.99. The zero-order valence-electron chi connectivity index (χ0n) is 14.4. The zero-order chi connectivity index (χ0) is 18.7. The molecule has 1 aliphatic rings. The first-order valence-electron chi connectivity index (χ1n) is 8.03. The number of nitrogens with zero attached hydrogens (tertiary/aromatic N) is 1. The molecule has 3 rings (SSSR count). The third kappa shape index (κ3) is 3.88. The van der Waals surface area contributed by atoms with Crippen molar-refractivity contribution < 1.29 is 29.5 Å². The van der Waals surface area contributed by atoms with E-state index in [1.54, 1.807) is 32.5 Å². The molecule has 1 aromatic heterocycles. The molecule has 0 amide bonds. The van der Waals surface area contributed by atoms with Gasteiger partial charge in [-0.1, -0.05) is 6.07 Å². The van der Waals surface area contributed by atoms with Crippen molar-refractivity contribution in [3.8, 4) is 28.4 Å². The summed E-state index contributed by atoms with van der Waals surface area (Å²) >= 11 is 1.24. The minimum absolute atomic E-state index is 0.283. The molecule has 2 aromatic rings. The molecule has 0 aliphatic carbocycles. The molecule has 7 nitrogen and oxygen atoms in total.